The van der Waals surface area contributed by atoms with Gasteiger partial charge < -0.3 is 24.3 Å². The van der Waals surface area contributed by atoms with Gasteiger partial charge in [-0.3, -0.25) is 4.90 Å². The van der Waals surface area contributed by atoms with Gasteiger partial charge in [0.1, 0.15) is 28.9 Å². The zero-order valence-electron chi connectivity index (χ0n) is 25.4. The first-order chi connectivity index (χ1) is 21.1. The Morgan fingerprint density at radius 2 is 1.89 bits per heavy atom. The molecule has 0 amide bonds. The van der Waals surface area contributed by atoms with E-state index in [1.807, 2.05) is 51.1 Å². The predicted octanol–water partition coefficient (Wildman–Crippen LogP) is 5.90. The summed E-state index contributed by atoms with van der Waals surface area (Å²) in [7, 11) is 0. The summed E-state index contributed by atoms with van der Waals surface area (Å²) in [5.41, 5.74) is 2.27. The Bertz CT molecular complexity index is 1640. The van der Waals surface area contributed by atoms with Crippen molar-refractivity contribution in [3.63, 3.8) is 0 Å². The Morgan fingerprint density at radius 3 is 2.59 bits per heavy atom. The van der Waals surface area contributed by atoms with Crippen LogP contribution in [0, 0.1) is 5.82 Å². The van der Waals surface area contributed by atoms with E-state index in [1.165, 1.54) is 6.07 Å². The molecule has 232 valence electrons. The lowest BCUT2D eigenvalue weighted by atomic mass is 10.1. The Kier molecular flexibility index (Phi) is 8.75. The first kappa shape index (κ1) is 30.3. The second-order valence-corrected chi connectivity index (χ2v) is 12.8. The minimum Gasteiger partial charge on any atom is -0.456 e. The van der Waals surface area contributed by atoms with Gasteiger partial charge in [0.25, 0.3) is 0 Å². The van der Waals surface area contributed by atoms with Crippen molar-refractivity contribution in [2.24, 2.45) is 0 Å². The van der Waals surface area contributed by atoms with E-state index >= 15 is 0 Å². The van der Waals surface area contributed by atoms with Gasteiger partial charge in [0, 0.05) is 49.9 Å². The van der Waals surface area contributed by atoms with Crippen LogP contribution in [0.25, 0.3) is 11.0 Å². The van der Waals surface area contributed by atoms with Crippen molar-refractivity contribution in [3.05, 3.63) is 82.4 Å². The lowest BCUT2D eigenvalue weighted by Gasteiger charge is -2.35. The number of anilines is 2. The van der Waals surface area contributed by atoms with Crippen LogP contribution in [-0.4, -0.2) is 69.9 Å². The SMILES string of the molecule is CC(C)(C)OC(=O)c1ccc2nc(CN3CCN(c4cccc(NCc5ccc(Cl)cc5F)n4)CC3)n(C[C@@H]3CCO3)c2c1. The van der Waals surface area contributed by atoms with Crippen LogP contribution in [0.1, 0.15) is 48.9 Å². The molecule has 4 aromatic rings. The number of hydrogen-bond acceptors (Lipinski definition) is 8. The molecule has 0 spiro atoms. The molecule has 2 fully saturated rings. The van der Waals surface area contributed by atoms with E-state index in [-0.39, 0.29) is 17.9 Å². The number of imidazole rings is 1. The summed E-state index contributed by atoms with van der Waals surface area (Å²) in [6.45, 7) is 11.4. The highest BCUT2D eigenvalue weighted by Crippen LogP contribution is 2.25. The molecule has 2 aromatic carbocycles. The van der Waals surface area contributed by atoms with Gasteiger partial charge in [-0.1, -0.05) is 23.7 Å². The zero-order chi connectivity index (χ0) is 30.8. The molecule has 6 rings (SSSR count). The smallest absolute Gasteiger partial charge is 0.338 e. The lowest BCUT2D eigenvalue weighted by molar-refractivity contribution is -0.0592. The average molecular weight is 621 g/mol. The first-order valence-corrected chi connectivity index (χ1v) is 15.5. The minimum absolute atomic E-state index is 0.149. The number of halogens is 2. The molecule has 1 atom stereocenters. The largest absolute Gasteiger partial charge is 0.456 e. The number of carbonyl (C=O) groups excluding carboxylic acids is 1. The van der Waals surface area contributed by atoms with Crippen molar-refractivity contribution < 1.29 is 18.7 Å². The van der Waals surface area contributed by atoms with E-state index < -0.39 is 5.60 Å². The molecule has 2 saturated heterocycles. The number of carbonyl (C=O) groups is 1. The minimum atomic E-state index is -0.566. The summed E-state index contributed by atoms with van der Waals surface area (Å²) < 4.78 is 27.8. The number of piperazine rings is 1. The number of nitrogens with zero attached hydrogens (tertiary/aromatic N) is 5. The standard InChI is InChI=1S/C33H38ClFN6O3/c1-33(2,3)44-32(42)22-8-10-27-28(17-22)41(20-25-11-16-43-25)31(37-27)21-39-12-14-40(15-13-39)30-6-4-5-29(38-30)36-19-23-7-9-24(34)18-26(23)35/h4-10,17-18,25H,11-16,19-21H2,1-3H3,(H,36,38)/t25-/m0/s1. The van der Waals surface area contributed by atoms with Gasteiger partial charge in [-0.05, 0) is 69.7 Å². The summed E-state index contributed by atoms with van der Waals surface area (Å²) in [4.78, 5) is 27.2. The predicted molar refractivity (Wildman–Crippen MR) is 170 cm³/mol. The number of ether oxygens (including phenoxy) is 2. The summed E-state index contributed by atoms with van der Waals surface area (Å²) in [6, 6.07) is 16.1. The number of hydrogen-bond donors (Lipinski definition) is 1. The van der Waals surface area contributed by atoms with Crippen LogP contribution in [0.4, 0.5) is 16.0 Å². The summed E-state index contributed by atoms with van der Waals surface area (Å²) in [5, 5.41) is 3.60. The van der Waals surface area contributed by atoms with Gasteiger partial charge in [-0.15, -0.1) is 0 Å². The second-order valence-electron chi connectivity index (χ2n) is 12.4. The highest BCUT2D eigenvalue weighted by Gasteiger charge is 2.26. The van der Waals surface area contributed by atoms with Crippen molar-refractivity contribution in [1.29, 1.82) is 0 Å². The van der Waals surface area contributed by atoms with Gasteiger partial charge in [0.15, 0.2) is 0 Å². The van der Waals surface area contributed by atoms with Crippen molar-refractivity contribution in [1.82, 2.24) is 19.4 Å². The molecule has 0 aliphatic carbocycles. The molecule has 11 heteroatoms. The van der Waals surface area contributed by atoms with Crippen LogP contribution in [-0.2, 0) is 29.1 Å². The van der Waals surface area contributed by atoms with Gasteiger partial charge in [-0.2, -0.15) is 0 Å². The molecule has 0 unspecified atom stereocenters. The number of esters is 1. The molecule has 0 radical (unpaired) electrons. The molecule has 1 N–H and O–H groups in total. The van der Waals surface area contributed by atoms with Crippen molar-refractivity contribution >= 4 is 40.2 Å². The Labute approximate surface area is 261 Å². The zero-order valence-corrected chi connectivity index (χ0v) is 26.1. The van der Waals surface area contributed by atoms with Crippen LogP contribution in [0.2, 0.25) is 5.02 Å². The van der Waals surface area contributed by atoms with Crippen molar-refractivity contribution in [3.8, 4) is 0 Å². The van der Waals surface area contributed by atoms with Gasteiger partial charge >= 0.3 is 5.97 Å². The average Bonchev–Trinajstić information content (AvgIpc) is 3.30. The van der Waals surface area contributed by atoms with E-state index in [1.54, 1.807) is 18.2 Å². The Morgan fingerprint density at radius 1 is 1.09 bits per heavy atom. The normalized spacial score (nSPS) is 17.5. The number of aromatic nitrogens is 3. The maximum atomic E-state index is 14.2. The fraction of sp³-hybridized carbons (Fsp3) is 0.424. The monoisotopic (exact) mass is 620 g/mol. The lowest BCUT2D eigenvalue weighted by Crippen LogP contribution is -2.46. The Balaban J connectivity index is 1.12. The van der Waals surface area contributed by atoms with E-state index in [0.717, 1.165) is 61.9 Å². The number of nitrogens with one attached hydrogen (secondary N) is 1. The fourth-order valence-corrected chi connectivity index (χ4v) is 5.64. The molecule has 0 bridgehead atoms. The van der Waals surface area contributed by atoms with E-state index in [2.05, 4.69) is 19.7 Å². The topological polar surface area (TPSA) is 84.8 Å². The third-order valence-corrected chi connectivity index (χ3v) is 8.15. The van der Waals surface area contributed by atoms with E-state index in [0.29, 0.717) is 41.6 Å². The highest BCUT2D eigenvalue weighted by atomic mass is 35.5. The van der Waals surface area contributed by atoms with Gasteiger partial charge in [0.05, 0.1) is 35.8 Å². The van der Waals surface area contributed by atoms with Crippen LogP contribution >= 0.6 is 11.6 Å². The highest BCUT2D eigenvalue weighted by molar-refractivity contribution is 6.30. The number of fused-ring (bicyclic) bond motifs is 1. The van der Waals surface area contributed by atoms with E-state index in [4.69, 9.17) is 31.0 Å². The second kappa shape index (κ2) is 12.7. The van der Waals surface area contributed by atoms with Crippen molar-refractivity contribution in [2.75, 3.05) is 43.0 Å². The molecule has 9 nitrogen and oxygen atoms in total. The first-order valence-electron chi connectivity index (χ1n) is 15.1. The summed E-state index contributed by atoms with van der Waals surface area (Å²) in [5.74, 6) is 1.86. The molecule has 0 saturated carbocycles. The molecule has 2 aromatic heterocycles. The molecule has 2 aliphatic rings. The third kappa shape index (κ3) is 7.14. The van der Waals surface area contributed by atoms with E-state index in [9.17, 15) is 9.18 Å². The van der Waals surface area contributed by atoms with Crippen molar-refractivity contribution in [2.45, 2.75) is 58.5 Å². The summed E-state index contributed by atoms with van der Waals surface area (Å²) in [6.07, 6.45) is 1.16. The fourth-order valence-electron chi connectivity index (χ4n) is 5.48. The molecular formula is C33H38ClFN6O3. The number of benzene rings is 2. The van der Waals surface area contributed by atoms with Crippen LogP contribution in [0.5, 0.6) is 0 Å². The van der Waals surface area contributed by atoms with Crippen LogP contribution in [0.3, 0.4) is 0 Å². The number of pyridine rings is 1. The van der Waals surface area contributed by atoms with Gasteiger partial charge in [-0.25, -0.2) is 19.2 Å². The molecule has 4 heterocycles. The third-order valence-electron chi connectivity index (χ3n) is 7.91. The molecule has 2 aliphatic heterocycles. The van der Waals surface area contributed by atoms with Gasteiger partial charge in [0.2, 0.25) is 0 Å². The molecule has 44 heavy (non-hydrogen) atoms. The summed E-state index contributed by atoms with van der Waals surface area (Å²) >= 11 is 5.88. The Hall–Kier alpha value is -3.73. The molecular weight excluding hydrogens is 583 g/mol. The number of rotatable bonds is 9. The van der Waals surface area contributed by atoms with Crippen LogP contribution in [0.15, 0.2) is 54.6 Å². The quantitative estimate of drug-likeness (QED) is 0.232. The maximum Gasteiger partial charge on any atom is 0.338 e. The van der Waals surface area contributed by atoms with Crippen LogP contribution < -0.4 is 10.2 Å². The maximum absolute atomic E-state index is 14.2.